The first-order chi connectivity index (χ1) is 14.7. The highest BCUT2D eigenvalue weighted by Gasteiger charge is 2.30. The van der Waals surface area contributed by atoms with Gasteiger partial charge in [0, 0.05) is 30.8 Å². The number of nitrogens with one attached hydrogen (secondary N) is 1. The van der Waals surface area contributed by atoms with Crippen LogP contribution in [0.3, 0.4) is 0 Å². The molecule has 2 aromatic carbocycles. The molecule has 0 spiro atoms. The van der Waals surface area contributed by atoms with Crippen LogP contribution in [0.2, 0.25) is 0 Å². The Morgan fingerprint density at radius 2 is 1.81 bits per heavy atom. The molecule has 0 aliphatic heterocycles. The molecular weight excluding hydrogens is 413 g/mol. The van der Waals surface area contributed by atoms with Crippen LogP contribution in [-0.4, -0.2) is 37.8 Å². The molecule has 0 bridgehead atoms. The smallest absolute Gasteiger partial charge is 0.416 e. The summed E-state index contributed by atoms with van der Waals surface area (Å²) >= 11 is 0. The molecular formula is C22H21F3N2O4. The van der Waals surface area contributed by atoms with E-state index in [1.54, 1.807) is 25.3 Å². The van der Waals surface area contributed by atoms with Gasteiger partial charge in [0.2, 0.25) is 0 Å². The minimum Gasteiger partial charge on any atom is -0.497 e. The number of benzene rings is 2. The lowest BCUT2D eigenvalue weighted by molar-refractivity contribution is -0.137. The lowest BCUT2D eigenvalue weighted by atomic mass is 10.1. The van der Waals surface area contributed by atoms with E-state index in [-0.39, 0.29) is 23.4 Å². The molecule has 9 heteroatoms. The monoisotopic (exact) mass is 434 g/mol. The van der Waals surface area contributed by atoms with Gasteiger partial charge in [0.15, 0.2) is 5.75 Å². The Balaban J connectivity index is 1.92. The van der Waals surface area contributed by atoms with Gasteiger partial charge in [-0.15, -0.1) is 0 Å². The quantitative estimate of drug-likeness (QED) is 0.578. The molecule has 0 saturated carbocycles. The third-order valence-corrected chi connectivity index (χ3v) is 4.42. The summed E-state index contributed by atoms with van der Waals surface area (Å²) < 4.78 is 54.4. The fraction of sp³-hybridized carbons (Fsp3) is 0.273. The van der Waals surface area contributed by atoms with Crippen molar-refractivity contribution in [3.8, 4) is 17.2 Å². The number of methoxy groups -OCH3 is 2. The van der Waals surface area contributed by atoms with Gasteiger partial charge in [0.05, 0.1) is 24.8 Å². The molecule has 0 saturated heterocycles. The van der Waals surface area contributed by atoms with E-state index in [1.807, 2.05) is 6.92 Å². The zero-order chi connectivity index (χ0) is 22.6. The number of nitrogens with zero attached hydrogens (tertiary/aromatic N) is 1. The Bertz CT molecular complexity index is 1070. The van der Waals surface area contributed by atoms with Crippen molar-refractivity contribution in [2.24, 2.45) is 0 Å². The first kappa shape index (κ1) is 22.4. The number of amides is 1. The number of carbonyl (C=O) groups excluding carboxylic acids is 1. The first-order valence-corrected chi connectivity index (χ1v) is 9.34. The summed E-state index contributed by atoms with van der Waals surface area (Å²) in [5.74, 6) is 0.627. The molecule has 1 aromatic heterocycles. The fourth-order valence-electron chi connectivity index (χ4n) is 2.95. The maximum Gasteiger partial charge on any atom is 0.416 e. The van der Waals surface area contributed by atoms with Gasteiger partial charge in [0.25, 0.3) is 5.91 Å². The third-order valence-electron chi connectivity index (χ3n) is 4.42. The van der Waals surface area contributed by atoms with Crippen molar-refractivity contribution in [1.82, 2.24) is 10.3 Å². The average Bonchev–Trinajstić information content (AvgIpc) is 2.73. The van der Waals surface area contributed by atoms with E-state index < -0.39 is 11.7 Å². The van der Waals surface area contributed by atoms with E-state index in [4.69, 9.17) is 14.2 Å². The number of carbonyl (C=O) groups is 1. The van der Waals surface area contributed by atoms with E-state index in [9.17, 15) is 18.0 Å². The largest absolute Gasteiger partial charge is 0.497 e. The number of alkyl halides is 3. The van der Waals surface area contributed by atoms with Crippen LogP contribution >= 0.6 is 0 Å². The van der Waals surface area contributed by atoms with Crippen molar-refractivity contribution < 1.29 is 32.2 Å². The molecule has 0 aliphatic carbocycles. The van der Waals surface area contributed by atoms with Crippen LogP contribution in [0.4, 0.5) is 13.2 Å². The summed E-state index contributed by atoms with van der Waals surface area (Å²) in [6, 6.07) is 9.06. The summed E-state index contributed by atoms with van der Waals surface area (Å²) in [5, 5.41) is 3.38. The van der Waals surface area contributed by atoms with Crippen molar-refractivity contribution in [3.05, 3.63) is 59.8 Å². The summed E-state index contributed by atoms with van der Waals surface area (Å²) in [6.45, 7) is 2.18. The Kier molecular flexibility index (Phi) is 6.65. The predicted octanol–water partition coefficient (Wildman–Crippen LogP) is 4.82. The minimum atomic E-state index is -4.43. The molecule has 1 N–H and O–H groups in total. The van der Waals surface area contributed by atoms with Crippen LogP contribution < -0.4 is 14.8 Å². The van der Waals surface area contributed by atoms with Crippen molar-refractivity contribution in [2.75, 3.05) is 20.8 Å². The lowest BCUT2D eigenvalue weighted by Gasteiger charge is -2.14. The van der Waals surface area contributed by atoms with Crippen LogP contribution in [0.15, 0.2) is 48.7 Å². The standard InChI is InChI=1S/C22H21F3N2O4/c1-13(12-29-2)27-21(28)15-8-14-9-18(30-3)10-19(20(14)26-11-15)31-17-6-4-16(5-7-17)22(23,24)25/h4-11,13H,12H2,1-3H3,(H,27,28)/t13-/m1/s1. The van der Waals surface area contributed by atoms with Gasteiger partial charge in [0.1, 0.15) is 17.0 Å². The summed E-state index contributed by atoms with van der Waals surface area (Å²) in [7, 11) is 3.02. The van der Waals surface area contributed by atoms with Crippen LogP contribution in [0.25, 0.3) is 10.9 Å². The Morgan fingerprint density at radius 1 is 1.10 bits per heavy atom. The second kappa shape index (κ2) is 9.22. The summed E-state index contributed by atoms with van der Waals surface area (Å²) in [4.78, 5) is 16.8. The zero-order valence-corrected chi connectivity index (χ0v) is 17.1. The number of rotatable bonds is 7. The number of ether oxygens (including phenoxy) is 3. The molecule has 0 aliphatic rings. The number of fused-ring (bicyclic) bond motifs is 1. The second-order valence-electron chi connectivity index (χ2n) is 6.88. The zero-order valence-electron chi connectivity index (χ0n) is 17.1. The number of pyridine rings is 1. The molecule has 1 heterocycles. The second-order valence-corrected chi connectivity index (χ2v) is 6.88. The lowest BCUT2D eigenvalue weighted by Crippen LogP contribution is -2.35. The number of hydrogen-bond donors (Lipinski definition) is 1. The van der Waals surface area contributed by atoms with Crippen LogP contribution in [-0.2, 0) is 10.9 Å². The van der Waals surface area contributed by atoms with Crippen molar-refractivity contribution >= 4 is 16.8 Å². The number of hydrogen-bond acceptors (Lipinski definition) is 5. The molecule has 31 heavy (non-hydrogen) atoms. The normalized spacial score (nSPS) is 12.5. The predicted molar refractivity (Wildman–Crippen MR) is 109 cm³/mol. The van der Waals surface area contributed by atoms with E-state index in [2.05, 4.69) is 10.3 Å². The molecule has 1 atom stereocenters. The molecule has 0 radical (unpaired) electrons. The number of halogens is 3. The van der Waals surface area contributed by atoms with Gasteiger partial charge in [-0.05, 0) is 43.3 Å². The molecule has 6 nitrogen and oxygen atoms in total. The van der Waals surface area contributed by atoms with Crippen molar-refractivity contribution in [3.63, 3.8) is 0 Å². The van der Waals surface area contributed by atoms with E-state index in [0.717, 1.165) is 12.1 Å². The third kappa shape index (κ3) is 5.43. The maximum absolute atomic E-state index is 12.8. The molecule has 1 amide bonds. The molecule has 3 rings (SSSR count). The summed E-state index contributed by atoms with van der Waals surface area (Å²) in [6.07, 6.45) is -3.02. The molecule has 0 fully saturated rings. The van der Waals surface area contributed by atoms with Gasteiger partial charge >= 0.3 is 6.18 Å². The van der Waals surface area contributed by atoms with Crippen molar-refractivity contribution in [1.29, 1.82) is 0 Å². The topological polar surface area (TPSA) is 69.7 Å². The van der Waals surface area contributed by atoms with E-state index in [0.29, 0.717) is 28.8 Å². The van der Waals surface area contributed by atoms with E-state index >= 15 is 0 Å². The SMILES string of the molecule is COC[C@@H](C)NC(=O)c1cnc2c(Oc3ccc(C(F)(F)F)cc3)cc(OC)cc2c1. The van der Waals surface area contributed by atoms with Crippen LogP contribution in [0.1, 0.15) is 22.8 Å². The first-order valence-electron chi connectivity index (χ1n) is 9.34. The highest BCUT2D eigenvalue weighted by molar-refractivity contribution is 5.98. The van der Waals surface area contributed by atoms with Gasteiger partial charge in [-0.1, -0.05) is 0 Å². The highest BCUT2D eigenvalue weighted by atomic mass is 19.4. The number of aromatic nitrogens is 1. The van der Waals surface area contributed by atoms with Crippen molar-refractivity contribution in [2.45, 2.75) is 19.1 Å². The molecule has 164 valence electrons. The fourth-order valence-corrected chi connectivity index (χ4v) is 2.95. The Labute approximate surface area is 176 Å². The molecule has 3 aromatic rings. The Morgan fingerprint density at radius 3 is 2.42 bits per heavy atom. The van der Waals surface area contributed by atoms with Gasteiger partial charge in [-0.25, -0.2) is 0 Å². The molecule has 0 unspecified atom stereocenters. The minimum absolute atomic E-state index is 0.183. The van der Waals surface area contributed by atoms with Gasteiger partial charge in [-0.2, -0.15) is 13.2 Å². The van der Waals surface area contributed by atoms with Crippen LogP contribution in [0.5, 0.6) is 17.2 Å². The highest BCUT2D eigenvalue weighted by Crippen LogP contribution is 2.35. The maximum atomic E-state index is 12.8. The van der Waals surface area contributed by atoms with Crippen LogP contribution in [0, 0.1) is 0 Å². The average molecular weight is 434 g/mol. The Hall–Kier alpha value is -3.33. The van der Waals surface area contributed by atoms with Gasteiger partial charge in [-0.3, -0.25) is 9.78 Å². The van der Waals surface area contributed by atoms with E-state index in [1.165, 1.54) is 25.4 Å². The summed E-state index contributed by atoms with van der Waals surface area (Å²) in [5.41, 5.74) is -0.00166. The van der Waals surface area contributed by atoms with Gasteiger partial charge < -0.3 is 19.5 Å².